The average Bonchev–Trinajstić information content (AvgIpc) is 2.97. The van der Waals surface area contributed by atoms with Crippen molar-refractivity contribution in [3.63, 3.8) is 0 Å². The molecule has 1 aliphatic heterocycles. The van der Waals surface area contributed by atoms with E-state index in [1.807, 2.05) is 55.5 Å². The predicted molar refractivity (Wildman–Crippen MR) is 79.4 cm³/mol. The summed E-state index contributed by atoms with van der Waals surface area (Å²) in [5.74, 6) is 0.754. The molecule has 0 bridgehead atoms. The lowest BCUT2D eigenvalue weighted by Crippen LogP contribution is -2.30. The SMILES string of the molecule is CCN(C(=O)c1cccc2c1OCC2)c1ccccc1. The number of carbonyl (C=O) groups excluding carboxylic acids is 1. The van der Waals surface area contributed by atoms with Gasteiger partial charge in [0, 0.05) is 18.7 Å². The standard InChI is InChI=1S/C17H17NO2/c1-2-18(14-8-4-3-5-9-14)17(19)15-10-6-7-13-11-12-20-16(13)15/h3-10H,2,11-12H2,1H3. The fourth-order valence-electron chi connectivity index (χ4n) is 2.58. The van der Waals surface area contributed by atoms with Gasteiger partial charge in [0.2, 0.25) is 0 Å². The van der Waals surface area contributed by atoms with E-state index in [1.165, 1.54) is 0 Å². The Bertz CT molecular complexity index is 622. The summed E-state index contributed by atoms with van der Waals surface area (Å²) >= 11 is 0. The minimum atomic E-state index is -0.00236. The monoisotopic (exact) mass is 267 g/mol. The second-order valence-electron chi connectivity index (χ2n) is 4.78. The zero-order chi connectivity index (χ0) is 13.9. The van der Waals surface area contributed by atoms with E-state index in [0.29, 0.717) is 18.7 Å². The minimum Gasteiger partial charge on any atom is -0.492 e. The lowest BCUT2D eigenvalue weighted by molar-refractivity contribution is 0.0985. The van der Waals surface area contributed by atoms with E-state index in [2.05, 4.69) is 0 Å². The third kappa shape index (κ3) is 2.16. The summed E-state index contributed by atoms with van der Waals surface area (Å²) in [6.07, 6.45) is 0.883. The number of ether oxygens (including phenoxy) is 1. The molecule has 0 aromatic heterocycles. The predicted octanol–water partition coefficient (Wildman–Crippen LogP) is 3.29. The number of anilines is 1. The van der Waals surface area contributed by atoms with Crippen molar-refractivity contribution in [3.05, 3.63) is 59.7 Å². The molecule has 3 rings (SSSR count). The lowest BCUT2D eigenvalue weighted by atomic mass is 10.1. The van der Waals surface area contributed by atoms with Crippen molar-refractivity contribution in [2.75, 3.05) is 18.1 Å². The summed E-state index contributed by atoms with van der Waals surface area (Å²) in [6.45, 7) is 3.28. The third-order valence-electron chi connectivity index (χ3n) is 3.57. The number of carbonyl (C=O) groups is 1. The molecule has 0 unspecified atom stereocenters. The highest BCUT2D eigenvalue weighted by Crippen LogP contribution is 2.31. The average molecular weight is 267 g/mol. The van der Waals surface area contributed by atoms with Gasteiger partial charge in [-0.25, -0.2) is 0 Å². The molecule has 1 aliphatic rings. The fourth-order valence-corrected chi connectivity index (χ4v) is 2.58. The number of rotatable bonds is 3. The maximum Gasteiger partial charge on any atom is 0.262 e. The second-order valence-corrected chi connectivity index (χ2v) is 4.78. The molecule has 0 saturated carbocycles. The van der Waals surface area contributed by atoms with Crippen LogP contribution in [-0.2, 0) is 6.42 Å². The van der Waals surface area contributed by atoms with Gasteiger partial charge in [0.25, 0.3) is 5.91 Å². The van der Waals surface area contributed by atoms with Gasteiger partial charge in [-0.05, 0) is 30.7 Å². The molecule has 1 amide bonds. The zero-order valence-electron chi connectivity index (χ0n) is 11.5. The summed E-state index contributed by atoms with van der Waals surface area (Å²) in [4.78, 5) is 14.6. The van der Waals surface area contributed by atoms with Crippen LogP contribution in [0.15, 0.2) is 48.5 Å². The minimum absolute atomic E-state index is 0.00236. The largest absolute Gasteiger partial charge is 0.492 e. The number of hydrogen-bond acceptors (Lipinski definition) is 2. The van der Waals surface area contributed by atoms with Gasteiger partial charge in [0.05, 0.1) is 12.2 Å². The first kappa shape index (κ1) is 12.7. The van der Waals surface area contributed by atoms with E-state index in [4.69, 9.17) is 4.74 Å². The topological polar surface area (TPSA) is 29.5 Å². The van der Waals surface area contributed by atoms with E-state index < -0.39 is 0 Å². The molecule has 2 aromatic rings. The Morgan fingerprint density at radius 3 is 2.70 bits per heavy atom. The van der Waals surface area contributed by atoms with Crippen molar-refractivity contribution in [3.8, 4) is 5.75 Å². The van der Waals surface area contributed by atoms with Crippen molar-refractivity contribution in [2.45, 2.75) is 13.3 Å². The van der Waals surface area contributed by atoms with Gasteiger partial charge in [-0.3, -0.25) is 4.79 Å². The highest BCUT2D eigenvalue weighted by molar-refractivity contribution is 6.08. The van der Waals surface area contributed by atoms with Crippen LogP contribution < -0.4 is 9.64 Å². The van der Waals surface area contributed by atoms with Gasteiger partial charge in [-0.15, -0.1) is 0 Å². The number of hydrogen-bond donors (Lipinski definition) is 0. The van der Waals surface area contributed by atoms with E-state index in [0.717, 1.165) is 23.4 Å². The highest BCUT2D eigenvalue weighted by atomic mass is 16.5. The van der Waals surface area contributed by atoms with Crippen LogP contribution in [0.3, 0.4) is 0 Å². The summed E-state index contributed by atoms with van der Waals surface area (Å²) in [7, 11) is 0. The van der Waals surface area contributed by atoms with Gasteiger partial charge in [-0.1, -0.05) is 30.3 Å². The number of fused-ring (bicyclic) bond motifs is 1. The Labute approximate surface area is 118 Å². The molecule has 0 atom stereocenters. The van der Waals surface area contributed by atoms with Gasteiger partial charge < -0.3 is 9.64 Å². The van der Waals surface area contributed by atoms with Crippen molar-refractivity contribution >= 4 is 11.6 Å². The lowest BCUT2D eigenvalue weighted by Gasteiger charge is -2.22. The molecule has 102 valence electrons. The number of amides is 1. The number of benzene rings is 2. The van der Waals surface area contributed by atoms with Crippen LogP contribution in [0.5, 0.6) is 5.75 Å². The molecule has 0 aliphatic carbocycles. The van der Waals surface area contributed by atoms with Crippen molar-refractivity contribution in [1.82, 2.24) is 0 Å². The van der Waals surface area contributed by atoms with Gasteiger partial charge in [-0.2, -0.15) is 0 Å². The number of para-hydroxylation sites is 2. The van der Waals surface area contributed by atoms with Crippen LogP contribution in [0, 0.1) is 0 Å². The molecule has 3 heteroatoms. The Hall–Kier alpha value is -2.29. The first-order chi connectivity index (χ1) is 9.81. The van der Waals surface area contributed by atoms with E-state index in [-0.39, 0.29) is 5.91 Å². The molecule has 1 heterocycles. The van der Waals surface area contributed by atoms with E-state index in [1.54, 1.807) is 4.90 Å². The van der Waals surface area contributed by atoms with Crippen LogP contribution in [-0.4, -0.2) is 19.1 Å². The summed E-state index contributed by atoms with van der Waals surface area (Å²) in [6, 6.07) is 15.5. The van der Waals surface area contributed by atoms with E-state index in [9.17, 15) is 4.79 Å². The van der Waals surface area contributed by atoms with Crippen molar-refractivity contribution in [2.24, 2.45) is 0 Å². The van der Waals surface area contributed by atoms with Crippen molar-refractivity contribution in [1.29, 1.82) is 0 Å². The molecule has 0 saturated heterocycles. The van der Waals surface area contributed by atoms with Crippen LogP contribution in [0.1, 0.15) is 22.8 Å². The first-order valence-corrected chi connectivity index (χ1v) is 6.93. The zero-order valence-corrected chi connectivity index (χ0v) is 11.5. The van der Waals surface area contributed by atoms with Crippen LogP contribution in [0.2, 0.25) is 0 Å². The van der Waals surface area contributed by atoms with Gasteiger partial charge >= 0.3 is 0 Å². The van der Waals surface area contributed by atoms with Crippen LogP contribution in [0.4, 0.5) is 5.69 Å². The Morgan fingerprint density at radius 1 is 1.15 bits per heavy atom. The fraction of sp³-hybridized carbons (Fsp3) is 0.235. The first-order valence-electron chi connectivity index (χ1n) is 6.93. The summed E-state index contributed by atoms with van der Waals surface area (Å²) < 4.78 is 5.63. The normalized spacial score (nSPS) is 12.7. The summed E-state index contributed by atoms with van der Waals surface area (Å²) in [5.41, 5.74) is 2.70. The summed E-state index contributed by atoms with van der Waals surface area (Å²) in [5, 5.41) is 0. The smallest absolute Gasteiger partial charge is 0.262 e. The maximum atomic E-state index is 12.8. The molecule has 2 aromatic carbocycles. The van der Waals surface area contributed by atoms with Gasteiger partial charge in [0.1, 0.15) is 5.75 Å². The van der Waals surface area contributed by atoms with Crippen molar-refractivity contribution < 1.29 is 9.53 Å². The number of nitrogens with zero attached hydrogens (tertiary/aromatic N) is 1. The molecule has 0 fully saturated rings. The maximum absolute atomic E-state index is 12.8. The third-order valence-corrected chi connectivity index (χ3v) is 3.57. The molecule has 20 heavy (non-hydrogen) atoms. The van der Waals surface area contributed by atoms with Crippen LogP contribution in [0.25, 0.3) is 0 Å². The quantitative estimate of drug-likeness (QED) is 0.854. The molecule has 0 N–H and O–H groups in total. The van der Waals surface area contributed by atoms with Crippen LogP contribution >= 0.6 is 0 Å². The Morgan fingerprint density at radius 2 is 1.95 bits per heavy atom. The molecular formula is C17H17NO2. The molecular weight excluding hydrogens is 250 g/mol. The van der Waals surface area contributed by atoms with E-state index >= 15 is 0 Å². The Balaban J connectivity index is 1.98. The Kier molecular flexibility index (Phi) is 3.42. The molecule has 0 radical (unpaired) electrons. The second kappa shape index (κ2) is 5.37. The van der Waals surface area contributed by atoms with Gasteiger partial charge in [0.15, 0.2) is 0 Å². The molecule has 3 nitrogen and oxygen atoms in total. The highest BCUT2D eigenvalue weighted by Gasteiger charge is 2.24. The molecule has 0 spiro atoms.